The van der Waals surface area contributed by atoms with E-state index in [9.17, 15) is 4.79 Å². The third-order valence-corrected chi connectivity index (χ3v) is 3.22. The van der Waals surface area contributed by atoms with Crippen molar-refractivity contribution in [2.75, 3.05) is 25.0 Å². The lowest BCUT2D eigenvalue weighted by Crippen LogP contribution is -2.34. The second-order valence-corrected chi connectivity index (χ2v) is 4.52. The smallest absolute Gasteiger partial charge is 0.241 e. The van der Waals surface area contributed by atoms with Crippen LogP contribution < -0.4 is 11.1 Å². The molecule has 1 atom stereocenters. The first-order chi connectivity index (χ1) is 9.10. The zero-order chi connectivity index (χ0) is 14.3. The molecule has 0 aromatic carbocycles. The van der Waals surface area contributed by atoms with Crippen LogP contribution in [0.2, 0.25) is 0 Å². The van der Waals surface area contributed by atoms with E-state index in [0.29, 0.717) is 12.1 Å². The van der Waals surface area contributed by atoms with Crippen LogP contribution in [-0.2, 0) is 11.3 Å². The molecule has 3 N–H and O–H groups in total. The molecule has 108 valence electrons. The van der Waals surface area contributed by atoms with E-state index in [1.54, 1.807) is 6.20 Å². The molecule has 6 nitrogen and oxygen atoms in total. The van der Waals surface area contributed by atoms with Gasteiger partial charge in [0, 0.05) is 12.7 Å². The molecule has 0 radical (unpaired) electrons. The number of carbonyl (C=O) groups is 1. The topological polar surface area (TPSA) is 76.2 Å². The summed E-state index contributed by atoms with van der Waals surface area (Å²) in [6.45, 7) is 10.0. The average molecular weight is 267 g/mol. The lowest BCUT2D eigenvalue weighted by Gasteiger charge is -2.17. The summed E-state index contributed by atoms with van der Waals surface area (Å²) in [5.41, 5.74) is 6.36. The van der Waals surface area contributed by atoms with Crippen LogP contribution in [0.25, 0.3) is 0 Å². The maximum Gasteiger partial charge on any atom is 0.241 e. The Hall–Kier alpha value is -1.40. The fourth-order valence-electron chi connectivity index (χ4n) is 1.75. The normalized spacial score (nSPS) is 12.7. The first-order valence-electron chi connectivity index (χ1n) is 6.91. The summed E-state index contributed by atoms with van der Waals surface area (Å²) in [6, 6.07) is -0.459. The van der Waals surface area contributed by atoms with Gasteiger partial charge in [-0.2, -0.15) is 5.10 Å². The molecule has 1 heterocycles. The van der Waals surface area contributed by atoms with Crippen LogP contribution >= 0.6 is 0 Å². The fourth-order valence-corrected chi connectivity index (χ4v) is 1.75. The lowest BCUT2D eigenvalue weighted by atomic mass is 10.2. The Labute approximate surface area is 114 Å². The Balaban J connectivity index is 2.46. The van der Waals surface area contributed by atoms with E-state index in [2.05, 4.69) is 29.2 Å². The van der Waals surface area contributed by atoms with Gasteiger partial charge in [-0.1, -0.05) is 20.8 Å². The maximum absolute atomic E-state index is 11.6. The van der Waals surface area contributed by atoms with E-state index in [1.165, 1.54) is 0 Å². The number of carbonyl (C=O) groups excluding carboxylic acids is 1. The first kappa shape index (κ1) is 15.7. The number of rotatable bonds is 8. The van der Waals surface area contributed by atoms with Crippen molar-refractivity contribution >= 4 is 11.6 Å². The molecular formula is C13H25N5O. The zero-order valence-corrected chi connectivity index (χ0v) is 12.1. The Bertz CT molecular complexity index is 386. The number of hydrogen-bond acceptors (Lipinski definition) is 4. The fraction of sp³-hybridized carbons (Fsp3) is 0.692. The predicted molar refractivity (Wildman–Crippen MR) is 76.9 cm³/mol. The van der Waals surface area contributed by atoms with Crippen molar-refractivity contribution in [1.82, 2.24) is 14.7 Å². The molecule has 1 amide bonds. The van der Waals surface area contributed by atoms with Gasteiger partial charge in [0.1, 0.15) is 0 Å². The van der Waals surface area contributed by atoms with E-state index in [1.807, 2.05) is 17.8 Å². The van der Waals surface area contributed by atoms with Gasteiger partial charge in [-0.25, -0.2) is 0 Å². The highest BCUT2D eigenvalue weighted by Gasteiger charge is 2.11. The molecule has 1 rings (SSSR count). The highest BCUT2D eigenvalue weighted by molar-refractivity contribution is 5.94. The molecule has 19 heavy (non-hydrogen) atoms. The summed E-state index contributed by atoms with van der Waals surface area (Å²) in [5, 5.41) is 7.00. The summed E-state index contributed by atoms with van der Waals surface area (Å²) in [5.74, 6) is -0.161. The van der Waals surface area contributed by atoms with Crippen LogP contribution in [0, 0.1) is 0 Å². The Morgan fingerprint density at radius 2 is 2.16 bits per heavy atom. The third-order valence-electron chi connectivity index (χ3n) is 3.22. The van der Waals surface area contributed by atoms with Crippen LogP contribution in [0.3, 0.4) is 0 Å². The summed E-state index contributed by atoms with van der Waals surface area (Å²) in [7, 11) is 0. The molecule has 6 heteroatoms. The quantitative estimate of drug-likeness (QED) is 0.734. The molecule has 0 aliphatic rings. The van der Waals surface area contributed by atoms with Gasteiger partial charge in [-0.15, -0.1) is 0 Å². The van der Waals surface area contributed by atoms with Crippen molar-refractivity contribution in [1.29, 1.82) is 0 Å². The van der Waals surface area contributed by atoms with Gasteiger partial charge in [0.15, 0.2) is 0 Å². The summed E-state index contributed by atoms with van der Waals surface area (Å²) in [4.78, 5) is 14.0. The Kier molecular flexibility index (Phi) is 6.52. The van der Waals surface area contributed by atoms with Crippen molar-refractivity contribution in [2.24, 2.45) is 5.73 Å². The minimum absolute atomic E-state index is 0.161. The van der Waals surface area contributed by atoms with Crippen LogP contribution in [0.1, 0.15) is 27.2 Å². The van der Waals surface area contributed by atoms with Crippen LogP contribution in [0.15, 0.2) is 12.4 Å². The van der Waals surface area contributed by atoms with E-state index in [0.717, 1.165) is 26.2 Å². The molecule has 0 spiro atoms. The molecule has 0 bridgehead atoms. The van der Waals surface area contributed by atoms with Crippen molar-refractivity contribution in [3.63, 3.8) is 0 Å². The number of anilines is 1. The summed E-state index contributed by atoms with van der Waals surface area (Å²) in [6.07, 6.45) is 4.12. The first-order valence-corrected chi connectivity index (χ1v) is 6.91. The highest BCUT2D eigenvalue weighted by Crippen LogP contribution is 2.06. The number of nitrogens with zero attached hydrogens (tertiary/aromatic N) is 3. The van der Waals surface area contributed by atoms with Crippen molar-refractivity contribution in [2.45, 2.75) is 39.8 Å². The molecular weight excluding hydrogens is 242 g/mol. The number of amides is 1. The van der Waals surface area contributed by atoms with Gasteiger partial charge in [0.05, 0.1) is 24.5 Å². The summed E-state index contributed by atoms with van der Waals surface area (Å²) >= 11 is 0. The van der Waals surface area contributed by atoms with Crippen molar-refractivity contribution in [3.05, 3.63) is 12.4 Å². The van der Waals surface area contributed by atoms with Crippen LogP contribution in [0.4, 0.5) is 5.69 Å². The Morgan fingerprint density at radius 1 is 1.47 bits per heavy atom. The SMILES string of the molecule is CC[C@@H](N)C(=O)Nc1cnn(CCN(CC)CC)c1. The minimum Gasteiger partial charge on any atom is -0.322 e. The number of likely N-dealkylation sites (N-methyl/N-ethyl adjacent to an activating group) is 1. The maximum atomic E-state index is 11.6. The highest BCUT2D eigenvalue weighted by atomic mass is 16.2. The second kappa shape index (κ2) is 7.91. The molecule has 0 aliphatic heterocycles. The molecule has 0 unspecified atom stereocenters. The summed E-state index contributed by atoms with van der Waals surface area (Å²) < 4.78 is 1.84. The molecule has 0 fully saturated rings. The molecule has 1 aromatic heterocycles. The largest absolute Gasteiger partial charge is 0.322 e. The van der Waals surface area contributed by atoms with E-state index >= 15 is 0 Å². The van der Waals surface area contributed by atoms with E-state index in [-0.39, 0.29) is 5.91 Å². The monoisotopic (exact) mass is 267 g/mol. The third kappa shape index (κ3) is 5.00. The van der Waals surface area contributed by atoms with E-state index < -0.39 is 6.04 Å². The number of nitrogens with one attached hydrogen (secondary N) is 1. The zero-order valence-electron chi connectivity index (χ0n) is 12.1. The van der Waals surface area contributed by atoms with Gasteiger partial charge in [-0.05, 0) is 19.5 Å². The second-order valence-electron chi connectivity index (χ2n) is 4.52. The minimum atomic E-state index is -0.459. The van der Waals surface area contributed by atoms with Gasteiger partial charge in [0.25, 0.3) is 0 Å². The average Bonchev–Trinajstić information content (AvgIpc) is 2.86. The molecule has 0 aliphatic carbocycles. The number of aromatic nitrogens is 2. The Morgan fingerprint density at radius 3 is 2.74 bits per heavy atom. The van der Waals surface area contributed by atoms with Gasteiger partial charge < -0.3 is 16.0 Å². The van der Waals surface area contributed by atoms with Crippen molar-refractivity contribution < 1.29 is 4.79 Å². The number of hydrogen-bond donors (Lipinski definition) is 2. The number of nitrogens with two attached hydrogens (primary N) is 1. The predicted octanol–water partition coefficient (Wildman–Crippen LogP) is 0.901. The van der Waals surface area contributed by atoms with Gasteiger partial charge in [-0.3, -0.25) is 9.48 Å². The van der Waals surface area contributed by atoms with E-state index in [4.69, 9.17) is 5.73 Å². The van der Waals surface area contributed by atoms with Crippen LogP contribution in [-0.4, -0.2) is 46.3 Å². The molecule has 0 saturated carbocycles. The van der Waals surface area contributed by atoms with Crippen molar-refractivity contribution in [3.8, 4) is 0 Å². The van der Waals surface area contributed by atoms with Crippen LogP contribution in [0.5, 0.6) is 0 Å². The van der Waals surface area contributed by atoms with Gasteiger partial charge >= 0.3 is 0 Å². The molecule has 0 saturated heterocycles. The molecule has 1 aromatic rings. The van der Waals surface area contributed by atoms with Gasteiger partial charge in [0.2, 0.25) is 5.91 Å². The lowest BCUT2D eigenvalue weighted by molar-refractivity contribution is -0.117. The standard InChI is InChI=1S/C13H25N5O/c1-4-12(14)13(19)16-11-9-15-18(10-11)8-7-17(5-2)6-3/h9-10,12H,4-8,14H2,1-3H3,(H,16,19)/t12-/m1/s1.